The standard InChI is InChI=1S/C24H20ClNO3S/c1-15(2)26-23(27)22(30-24(26)28)13-19-18-9-5-3-7-16(18)11-12-21(19)29-14-17-8-4-6-10-20(17)25/h3-13,15H,14H2,1-2H3/b22-13+. The third-order valence-corrected chi connectivity index (χ3v) is 6.14. The number of imide groups is 1. The van der Waals surface area contributed by atoms with Gasteiger partial charge in [0, 0.05) is 22.2 Å². The fourth-order valence-corrected chi connectivity index (χ4v) is 4.51. The summed E-state index contributed by atoms with van der Waals surface area (Å²) in [5.74, 6) is 0.356. The number of rotatable bonds is 5. The van der Waals surface area contributed by atoms with Crippen LogP contribution in [0.15, 0.2) is 65.6 Å². The lowest BCUT2D eigenvalue weighted by Gasteiger charge is -2.16. The molecule has 4 nitrogen and oxygen atoms in total. The third-order valence-electron chi connectivity index (χ3n) is 4.89. The van der Waals surface area contributed by atoms with Crippen LogP contribution in [0, 0.1) is 0 Å². The Morgan fingerprint density at radius 2 is 1.77 bits per heavy atom. The van der Waals surface area contributed by atoms with E-state index in [1.165, 1.54) is 4.90 Å². The van der Waals surface area contributed by atoms with Crippen LogP contribution in [0.3, 0.4) is 0 Å². The Kier molecular flexibility index (Phi) is 5.84. The second kappa shape index (κ2) is 8.54. The Balaban J connectivity index is 1.76. The fourth-order valence-electron chi connectivity index (χ4n) is 3.38. The molecule has 152 valence electrons. The Hall–Kier alpha value is -2.76. The number of hydrogen-bond acceptors (Lipinski definition) is 4. The van der Waals surface area contributed by atoms with Gasteiger partial charge in [-0.25, -0.2) is 0 Å². The summed E-state index contributed by atoms with van der Waals surface area (Å²) < 4.78 is 6.11. The van der Waals surface area contributed by atoms with Crippen molar-refractivity contribution in [3.05, 3.63) is 81.7 Å². The summed E-state index contributed by atoms with van der Waals surface area (Å²) in [5.41, 5.74) is 1.65. The minimum Gasteiger partial charge on any atom is -0.488 e. The van der Waals surface area contributed by atoms with E-state index in [2.05, 4.69) is 0 Å². The van der Waals surface area contributed by atoms with Crippen molar-refractivity contribution in [3.63, 3.8) is 0 Å². The van der Waals surface area contributed by atoms with E-state index in [0.29, 0.717) is 22.3 Å². The minimum absolute atomic E-state index is 0.188. The molecule has 0 radical (unpaired) electrons. The summed E-state index contributed by atoms with van der Waals surface area (Å²) in [7, 11) is 0. The van der Waals surface area contributed by atoms with Gasteiger partial charge in [0.15, 0.2) is 0 Å². The van der Waals surface area contributed by atoms with Crippen molar-refractivity contribution in [1.29, 1.82) is 0 Å². The molecule has 30 heavy (non-hydrogen) atoms. The summed E-state index contributed by atoms with van der Waals surface area (Å²) in [5, 5.41) is 2.36. The van der Waals surface area contributed by atoms with Crippen molar-refractivity contribution in [2.24, 2.45) is 0 Å². The number of nitrogens with zero attached hydrogens (tertiary/aromatic N) is 1. The lowest BCUT2D eigenvalue weighted by Crippen LogP contribution is -2.34. The van der Waals surface area contributed by atoms with Gasteiger partial charge >= 0.3 is 0 Å². The zero-order chi connectivity index (χ0) is 21.3. The normalized spacial score (nSPS) is 15.6. The summed E-state index contributed by atoms with van der Waals surface area (Å²) in [4.78, 5) is 26.8. The number of fused-ring (bicyclic) bond motifs is 1. The lowest BCUT2D eigenvalue weighted by molar-refractivity contribution is -0.123. The molecule has 1 aliphatic rings. The molecule has 0 N–H and O–H groups in total. The van der Waals surface area contributed by atoms with Crippen molar-refractivity contribution in [2.45, 2.75) is 26.5 Å². The van der Waals surface area contributed by atoms with Crippen molar-refractivity contribution < 1.29 is 14.3 Å². The molecular formula is C24H20ClNO3S. The van der Waals surface area contributed by atoms with Gasteiger partial charge in [0.2, 0.25) is 0 Å². The van der Waals surface area contributed by atoms with Crippen LogP contribution in [0.1, 0.15) is 25.0 Å². The van der Waals surface area contributed by atoms with Gasteiger partial charge in [-0.1, -0.05) is 60.1 Å². The van der Waals surface area contributed by atoms with Gasteiger partial charge < -0.3 is 4.74 Å². The molecule has 1 fully saturated rings. The van der Waals surface area contributed by atoms with Crippen molar-refractivity contribution >= 4 is 51.4 Å². The summed E-state index contributed by atoms with van der Waals surface area (Å²) >= 11 is 7.22. The Morgan fingerprint density at radius 1 is 1.03 bits per heavy atom. The lowest BCUT2D eigenvalue weighted by atomic mass is 10.0. The van der Waals surface area contributed by atoms with E-state index in [1.807, 2.05) is 74.5 Å². The van der Waals surface area contributed by atoms with Gasteiger partial charge in [0.25, 0.3) is 11.1 Å². The van der Waals surface area contributed by atoms with E-state index in [-0.39, 0.29) is 17.2 Å². The van der Waals surface area contributed by atoms with E-state index in [0.717, 1.165) is 33.7 Å². The van der Waals surface area contributed by atoms with Crippen LogP contribution in [0.5, 0.6) is 5.75 Å². The topological polar surface area (TPSA) is 46.6 Å². The molecule has 1 aliphatic heterocycles. The van der Waals surface area contributed by atoms with E-state index < -0.39 is 0 Å². The first-order chi connectivity index (χ1) is 14.5. The predicted octanol–water partition coefficient (Wildman–Crippen LogP) is 6.52. The molecule has 1 saturated heterocycles. The van der Waals surface area contributed by atoms with Crippen LogP contribution in [-0.4, -0.2) is 22.1 Å². The number of hydrogen-bond donors (Lipinski definition) is 0. The maximum absolute atomic E-state index is 12.8. The maximum Gasteiger partial charge on any atom is 0.293 e. The molecule has 0 spiro atoms. The zero-order valence-corrected chi connectivity index (χ0v) is 18.2. The third kappa shape index (κ3) is 3.95. The monoisotopic (exact) mass is 437 g/mol. The number of ether oxygens (including phenoxy) is 1. The highest BCUT2D eigenvalue weighted by molar-refractivity contribution is 8.18. The first kappa shape index (κ1) is 20.5. The van der Waals surface area contributed by atoms with Crippen molar-refractivity contribution in [2.75, 3.05) is 0 Å². The molecule has 2 amide bonds. The van der Waals surface area contributed by atoms with Crippen molar-refractivity contribution in [3.8, 4) is 5.75 Å². The van der Waals surface area contributed by atoms with Crippen LogP contribution >= 0.6 is 23.4 Å². The molecule has 0 aromatic heterocycles. The van der Waals surface area contributed by atoms with Crippen LogP contribution in [0.2, 0.25) is 5.02 Å². The van der Waals surface area contributed by atoms with Crippen molar-refractivity contribution in [1.82, 2.24) is 4.90 Å². The van der Waals surface area contributed by atoms with Gasteiger partial charge in [-0.05, 0) is 54.6 Å². The average molecular weight is 438 g/mol. The SMILES string of the molecule is CC(C)N1C(=O)S/C(=C/c2c(OCc3ccccc3Cl)ccc3ccccc23)C1=O. The molecule has 0 atom stereocenters. The highest BCUT2D eigenvalue weighted by atomic mass is 35.5. The molecule has 4 rings (SSSR count). The first-order valence-corrected chi connectivity index (χ1v) is 10.8. The van der Waals surface area contributed by atoms with Crippen LogP contribution < -0.4 is 4.74 Å². The van der Waals surface area contributed by atoms with Crippen LogP contribution in [0.4, 0.5) is 4.79 Å². The molecule has 0 saturated carbocycles. The Labute approximate surface area is 184 Å². The maximum atomic E-state index is 12.8. The highest BCUT2D eigenvalue weighted by Gasteiger charge is 2.36. The molecule has 3 aromatic carbocycles. The van der Waals surface area contributed by atoms with Crippen LogP contribution in [-0.2, 0) is 11.4 Å². The van der Waals surface area contributed by atoms with Gasteiger partial charge in [0.1, 0.15) is 12.4 Å². The summed E-state index contributed by atoms with van der Waals surface area (Å²) in [6.45, 7) is 3.96. The largest absolute Gasteiger partial charge is 0.488 e. The molecule has 1 heterocycles. The van der Waals surface area contributed by atoms with E-state index in [1.54, 1.807) is 6.08 Å². The predicted molar refractivity (Wildman–Crippen MR) is 123 cm³/mol. The number of thioether (sulfide) groups is 1. The number of halogens is 1. The quantitative estimate of drug-likeness (QED) is 0.426. The van der Waals surface area contributed by atoms with Gasteiger partial charge in [-0.2, -0.15) is 0 Å². The molecule has 6 heteroatoms. The second-order valence-corrected chi connectivity index (χ2v) is 8.62. The highest BCUT2D eigenvalue weighted by Crippen LogP contribution is 2.37. The second-order valence-electron chi connectivity index (χ2n) is 7.22. The smallest absolute Gasteiger partial charge is 0.293 e. The molecular weight excluding hydrogens is 418 g/mol. The van der Waals surface area contributed by atoms with Crippen LogP contribution in [0.25, 0.3) is 16.8 Å². The molecule has 0 aliphatic carbocycles. The molecule has 0 unspecified atom stereocenters. The van der Waals surface area contributed by atoms with E-state index >= 15 is 0 Å². The number of carbonyl (C=O) groups excluding carboxylic acids is 2. The van der Waals surface area contributed by atoms with Gasteiger partial charge in [0.05, 0.1) is 4.91 Å². The first-order valence-electron chi connectivity index (χ1n) is 9.60. The number of benzene rings is 3. The van der Waals surface area contributed by atoms with Gasteiger partial charge in [-0.3, -0.25) is 14.5 Å². The summed E-state index contributed by atoms with van der Waals surface area (Å²) in [6.07, 6.45) is 1.76. The van der Waals surface area contributed by atoms with E-state index in [9.17, 15) is 9.59 Å². The average Bonchev–Trinajstić information content (AvgIpc) is 3.01. The van der Waals surface area contributed by atoms with Gasteiger partial charge in [-0.15, -0.1) is 0 Å². The zero-order valence-electron chi connectivity index (χ0n) is 16.6. The Morgan fingerprint density at radius 3 is 2.50 bits per heavy atom. The molecule has 3 aromatic rings. The number of amides is 2. The fraction of sp³-hybridized carbons (Fsp3) is 0.167. The minimum atomic E-state index is -0.273. The summed E-state index contributed by atoms with van der Waals surface area (Å²) in [6, 6.07) is 19.1. The molecule has 0 bridgehead atoms. The number of carbonyl (C=O) groups is 2. The Bertz CT molecular complexity index is 1170. The van der Waals surface area contributed by atoms with E-state index in [4.69, 9.17) is 16.3 Å².